The van der Waals surface area contributed by atoms with Crippen LogP contribution < -0.4 is 10.1 Å². The van der Waals surface area contributed by atoms with Crippen molar-refractivity contribution in [1.82, 2.24) is 10.0 Å². The van der Waals surface area contributed by atoms with Crippen molar-refractivity contribution in [1.29, 1.82) is 0 Å². The second-order valence-electron chi connectivity index (χ2n) is 5.41. The average Bonchev–Trinajstić information content (AvgIpc) is 2.55. The Labute approximate surface area is 128 Å². The van der Waals surface area contributed by atoms with Crippen LogP contribution >= 0.6 is 0 Å². The lowest BCUT2D eigenvalue weighted by molar-refractivity contribution is -0.158. The third-order valence-electron chi connectivity index (χ3n) is 3.98. The van der Waals surface area contributed by atoms with Crippen LogP contribution in [0.1, 0.15) is 19.3 Å². The zero-order valence-corrected chi connectivity index (χ0v) is 12.5. The lowest BCUT2D eigenvalue weighted by atomic mass is 10.0. The van der Waals surface area contributed by atoms with Gasteiger partial charge in [0, 0.05) is 18.1 Å². The van der Waals surface area contributed by atoms with Crippen LogP contribution in [-0.2, 0) is 4.79 Å². The summed E-state index contributed by atoms with van der Waals surface area (Å²) in [6.45, 7) is 0.531. The number of aromatic nitrogens is 1. The largest absolute Gasteiger partial charge is 0.497 e. The molecular weight excluding hydrogens is 282 g/mol. The van der Waals surface area contributed by atoms with Crippen LogP contribution in [-0.4, -0.2) is 40.9 Å². The molecule has 2 N–H and O–H groups in total. The Hall–Kier alpha value is -2.18. The van der Waals surface area contributed by atoms with Gasteiger partial charge in [-0.1, -0.05) is 0 Å². The van der Waals surface area contributed by atoms with Crippen LogP contribution in [0, 0.1) is 0 Å². The van der Waals surface area contributed by atoms with Crippen LogP contribution in [0.15, 0.2) is 30.5 Å². The molecule has 0 aliphatic carbocycles. The van der Waals surface area contributed by atoms with Gasteiger partial charge in [-0.3, -0.25) is 9.78 Å². The highest BCUT2D eigenvalue weighted by Gasteiger charge is 2.27. The number of hydrogen-bond donors (Lipinski definition) is 2. The number of nitrogens with zero attached hydrogens (tertiary/aromatic N) is 2. The number of carbonyl (C=O) groups excluding carboxylic acids is 1. The molecule has 1 aromatic heterocycles. The number of hydrogen-bond acceptors (Lipinski definition) is 5. The molecule has 1 saturated heterocycles. The predicted octanol–water partition coefficient (Wildman–Crippen LogP) is 2.43. The summed E-state index contributed by atoms with van der Waals surface area (Å²) >= 11 is 0. The van der Waals surface area contributed by atoms with E-state index in [4.69, 9.17) is 4.74 Å². The van der Waals surface area contributed by atoms with Crippen molar-refractivity contribution in [2.45, 2.75) is 25.3 Å². The molecule has 22 heavy (non-hydrogen) atoms. The summed E-state index contributed by atoms with van der Waals surface area (Å²) in [6.07, 6.45) is 4.17. The van der Waals surface area contributed by atoms with Crippen molar-refractivity contribution in [3.63, 3.8) is 0 Å². The number of amides is 1. The zero-order chi connectivity index (χ0) is 15.5. The minimum Gasteiger partial charge on any atom is -0.497 e. The Bertz CT molecular complexity index is 689. The van der Waals surface area contributed by atoms with Crippen LogP contribution in [0.2, 0.25) is 0 Å². The van der Waals surface area contributed by atoms with Gasteiger partial charge in [0.1, 0.15) is 11.8 Å². The molecular formula is C16H19N3O3. The van der Waals surface area contributed by atoms with Gasteiger partial charge in [0.15, 0.2) is 0 Å². The standard InChI is InChI=1S/C16H19N3O3/c1-22-11-5-6-13-12(10-11)14(7-8-17-13)18-16(20)15-4-2-3-9-19(15)21/h5-8,10,15,21H,2-4,9H2,1H3,(H,17,18,20). The van der Waals surface area contributed by atoms with Crippen molar-refractivity contribution in [3.05, 3.63) is 30.5 Å². The summed E-state index contributed by atoms with van der Waals surface area (Å²) in [6, 6.07) is 6.78. The van der Waals surface area contributed by atoms with E-state index in [1.807, 2.05) is 18.2 Å². The third-order valence-corrected chi connectivity index (χ3v) is 3.98. The molecule has 0 saturated carbocycles. The van der Waals surface area contributed by atoms with E-state index in [1.165, 1.54) is 0 Å². The van der Waals surface area contributed by atoms with E-state index in [2.05, 4.69) is 10.3 Å². The normalized spacial score (nSPS) is 19.1. The summed E-state index contributed by atoms with van der Waals surface area (Å²) in [5.41, 5.74) is 1.45. The number of rotatable bonds is 3. The average molecular weight is 301 g/mol. The fourth-order valence-corrected chi connectivity index (χ4v) is 2.76. The molecule has 1 aliphatic heterocycles. The highest BCUT2D eigenvalue weighted by atomic mass is 16.5. The minimum absolute atomic E-state index is 0.197. The topological polar surface area (TPSA) is 74.7 Å². The molecule has 0 spiro atoms. The Morgan fingerprint density at radius 3 is 3.05 bits per heavy atom. The van der Waals surface area contributed by atoms with Gasteiger partial charge in [-0.2, -0.15) is 5.06 Å². The van der Waals surface area contributed by atoms with Crippen LogP contribution in [0.5, 0.6) is 5.75 Å². The van der Waals surface area contributed by atoms with Gasteiger partial charge in [-0.15, -0.1) is 0 Å². The number of methoxy groups -OCH3 is 1. The molecule has 2 aromatic rings. The fourth-order valence-electron chi connectivity index (χ4n) is 2.76. The van der Waals surface area contributed by atoms with E-state index in [0.717, 1.165) is 28.8 Å². The lowest BCUT2D eigenvalue weighted by Crippen LogP contribution is -2.45. The number of benzene rings is 1. The number of hydroxylamine groups is 2. The maximum atomic E-state index is 12.4. The molecule has 0 bridgehead atoms. The number of carbonyl (C=O) groups is 1. The number of anilines is 1. The van der Waals surface area contributed by atoms with E-state index < -0.39 is 6.04 Å². The van der Waals surface area contributed by atoms with Crippen molar-refractivity contribution in [2.24, 2.45) is 0 Å². The van der Waals surface area contributed by atoms with Crippen LogP contribution in [0.3, 0.4) is 0 Å². The smallest absolute Gasteiger partial charge is 0.244 e. The lowest BCUT2D eigenvalue weighted by Gasteiger charge is -2.29. The molecule has 0 radical (unpaired) electrons. The highest BCUT2D eigenvalue weighted by Crippen LogP contribution is 2.26. The number of nitrogens with one attached hydrogen (secondary N) is 1. The number of fused-ring (bicyclic) bond motifs is 1. The van der Waals surface area contributed by atoms with Crippen molar-refractivity contribution < 1.29 is 14.7 Å². The van der Waals surface area contributed by atoms with Gasteiger partial charge in [0.05, 0.1) is 18.3 Å². The molecule has 3 rings (SSSR count). The fraction of sp³-hybridized carbons (Fsp3) is 0.375. The Morgan fingerprint density at radius 2 is 2.27 bits per heavy atom. The van der Waals surface area contributed by atoms with Gasteiger partial charge < -0.3 is 15.3 Å². The molecule has 1 unspecified atom stereocenters. The van der Waals surface area contributed by atoms with Gasteiger partial charge in [0.25, 0.3) is 0 Å². The number of pyridine rings is 1. The van der Waals surface area contributed by atoms with Crippen LogP contribution in [0.4, 0.5) is 5.69 Å². The van der Waals surface area contributed by atoms with Crippen LogP contribution in [0.25, 0.3) is 10.9 Å². The van der Waals surface area contributed by atoms with Crippen molar-refractivity contribution >= 4 is 22.5 Å². The maximum Gasteiger partial charge on any atom is 0.244 e. The van der Waals surface area contributed by atoms with E-state index in [1.54, 1.807) is 19.4 Å². The maximum absolute atomic E-state index is 12.4. The predicted molar refractivity (Wildman–Crippen MR) is 83.1 cm³/mol. The monoisotopic (exact) mass is 301 g/mol. The first-order valence-electron chi connectivity index (χ1n) is 7.38. The summed E-state index contributed by atoms with van der Waals surface area (Å²) in [4.78, 5) is 16.7. The summed E-state index contributed by atoms with van der Waals surface area (Å²) < 4.78 is 5.23. The first-order chi connectivity index (χ1) is 10.7. The summed E-state index contributed by atoms with van der Waals surface area (Å²) in [5, 5.41) is 14.7. The molecule has 1 aromatic carbocycles. The second-order valence-corrected chi connectivity index (χ2v) is 5.41. The molecule has 6 heteroatoms. The Balaban J connectivity index is 1.88. The van der Waals surface area contributed by atoms with Crippen molar-refractivity contribution in [2.75, 3.05) is 19.0 Å². The molecule has 1 atom stereocenters. The molecule has 1 amide bonds. The van der Waals surface area contributed by atoms with E-state index in [-0.39, 0.29) is 5.91 Å². The van der Waals surface area contributed by atoms with Gasteiger partial charge >= 0.3 is 0 Å². The van der Waals surface area contributed by atoms with E-state index in [0.29, 0.717) is 24.4 Å². The Kier molecular flexibility index (Phi) is 4.22. The van der Waals surface area contributed by atoms with Gasteiger partial charge in [0.2, 0.25) is 5.91 Å². The van der Waals surface area contributed by atoms with Crippen molar-refractivity contribution in [3.8, 4) is 5.75 Å². The highest BCUT2D eigenvalue weighted by molar-refractivity contribution is 6.03. The van der Waals surface area contributed by atoms with Gasteiger partial charge in [-0.05, 0) is 43.5 Å². The quantitative estimate of drug-likeness (QED) is 0.910. The molecule has 6 nitrogen and oxygen atoms in total. The number of ether oxygens (including phenoxy) is 1. The van der Waals surface area contributed by atoms with Gasteiger partial charge in [-0.25, -0.2) is 0 Å². The molecule has 1 aliphatic rings. The molecule has 2 heterocycles. The minimum atomic E-state index is -0.498. The second kappa shape index (κ2) is 6.29. The SMILES string of the molecule is COc1ccc2nccc(NC(=O)C3CCCCN3O)c2c1. The first-order valence-corrected chi connectivity index (χ1v) is 7.38. The first kappa shape index (κ1) is 14.7. The van der Waals surface area contributed by atoms with E-state index >= 15 is 0 Å². The Morgan fingerprint density at radius 1 is 1.41 bits per heavy atom. The van der Waals surface area contributed by atoms with E-state index in [9.17, 15) is 10.0 Å². The summed E-state index contributed by atoms with van der Waals surface area (Å²) in [5.74, 6) is 0.509. The zero-order valence-electron chi connectivity index (χ0n) is 12.5. The number of piperidine rings is 1. The summed E-state index contributed by atoms with van der Waals surface area (Å²) in [7, 11) is 1.60. The molecule has 1 fully saturated rings. The third kappa shape index (κ3) is 2.88. The molecule has 116 valence electrons.